The minimum Gasteiger partial charge on any atom is -0.388 e. The summed E-state index contributed by atoms with van der Waals surface area (Å²) < 4.78 is 0. The first-order chi connectivity index (χ1) is 9.08. The van der Waals surface area contributed by atoms with E-state index >= 15 is 0 Å². The van der Waals surface area contributed by atoms with Crippen LogP contribution in [0.2, 0.25) is 0 Å². The number of primary amides is 1. The summed E-state index contributed by atoms with van der Waals surface area (Å²) in [6, 6.07) is 6.57. The van der Waals surface area contributed by atoms with Crippen LogP contribution in [0.15, 0.2) is 24.3 Å². The number of imide groups is 1. The standard InChI is InChI=1S/C13H17N3O3/c14-13(19)15-12(18)8-16-7-3-6-11(17)9-4-1-2-5-10(9)16/h1-2,4-5,11,17H,3,6-8H2,(H3,14,15,18,19). The lowest BCUT2D eigenvalue weighted by atomic mass is 10.0. The van der Waals surface area contributed by atoms with E-state index in [0.717, 1.165) is 17.7 Å². The van der Waals surface area contributed by atoms with Gasteiger partial charge in [-0.3, -0.25) is 10.1 Å². The molecule has 0 fully saturated rings. The summed E-state index contributed by atoms with van der Waals surface area (Å²) in [5.41, 5.74) is 6.55. The average molecular weight is 263 g/mol. The van der Waals surface area contributed by atoms with Crippen LogP contribution in [0.5, 0.6) is 0 Å². The predicted octanol–water partition coefficient (Wildman–Crippen LogP) is 0.515. The molecule has 4 N–H and O–H groups in total. The van der Waals surface area contributed by atoms with E-state index in [1.54, 1.807) is 0 Å². The van der Waals surface area contributed by atoms with Gasteiger partial charge < -0.3 is 15.7 Å². The number of aliphatic hydroxyl groups is 1. The van der Waals surface area contributed by atoms with Gasteiger partial charge in [-0.1, -0.05) is 18.2 Å². The second kappa shape index (κ2) is 5.71. The van der Waals surface area contributed by atoms with Gasteiger partial charge in [0.25, 0.3) is 0 Å². The summed E-state index contributed by atoms with van der Waals surface area (Å²) in [6.07, 6.45) is 0.922. The number of nitrogens with two attached hydrogens (primary N) is 1. The van der Waals surface area contributed by atoms with E-state index in [1.165, 1.54) is 0 Å². The Morgan fingerprint density at radius 1 is 1.42 bits per heavy atom. The monoisotopic (exact) mass is 263 g/mol. The minimum absolute atomic E-state index is 0.0483. The van der Waals surface area contributed by atoms with Crippen molar-refractivity contribution in [3.8, 4) is 0 Å². The molecule has 0 bridgehead atoms. The van der Waals surface area contributed by atoms with Crippen LogP contribution in [0.4, 0.5) is 10.5 Å². The summed E-state index contributed by atoms with van der Waals surface area (Å²) >= 11 is 0. The minimum atomic E-state index is -0.854. The molecule has 3 amide bonds. The summed E-state index contributed by atoms with van der Waals surface area (Å²) in [5.74, 6) is -0.446. The smallest absolute Gasteiger partial charge is 0.318 e. The van der Waals surface area contributed by atoms with Crippen LogP contribution >= 0.6 is 0 Å². The number of anilines is 1. The van der Waals surface area contributed by atoms with Crippen LogP contribution in [0.25, 0.3) is 0 Å². The third-order valence-electron chi connectivity index (χ3n) is 3.14. The van der Waals surface area contributed by atoms with Crippen LogP contribution in [0.1, 0.15) is 24.5 Å². The van der Waals surface area contributed by atoms with E-state index in [9.17, 15) is 14.7 Å². The maximum atomic E-state index is 11.6. The number of nitrogens with zero attached hydrogens (tertiary/aromatic N) is 1. The van der Waals surface area contributed by atoms with E-state index in [-0.39, 0.29) is 6.54 Å². The molecule has 0 radical (unpaired) electrons. The molecule has 1 aliphatic rings. The third kappa shape index (κ3) is 3.23. The number of para-hydroxylation sites is 1. The number of nitrogens with one attached hydrogen (secondary N) is 1. The molecule has 6 nitrogen and oxygen atoms in total. The quantitative estimate of drug-likeness (QED) is 0.724. The zero-order chi connectivity index (χ0) is 13.8. The first-order valence-corrected chi connectivity index (χ1v) is 6.19. The first-order valence-electron chi connectivity index (χ1n) is 6.19. The van der Waals surface area contributed by atoms with Crippen molar-refractivity contribution in [2.75, 3.05) is 18.0 Å². The van der Waals surface area contributed by atoms with Gasteiger partial charge in [0.2, 0.25) is 5.91 Å². The van der Waals surface area contributed by atoms with Crippen molar-refractivity contribution in [2.24, 2.45) is 5.73 Å². The largest absolute Gasteiger partial charge is 0.388 e. The Morgan fingerprint density at radius 2 is 2.16 bits per heavy atom. The number of urea groups is 1. The molecule has 102 valence electrons. The van der Waals surface area contributed by atoms with E-state index in [4.69, 9.17) is 5.73 Å². The van der Waals surface area contributed by atoms with Crippen molar-refractivity contribution >= 4 is 17.6 Å². The molecule has 1 aromatic rings. The van der Waals surface area contributed by atoms with Gasteiger partial charge >= 0.3 is 6.03 Å². The Labute approximate surface area is 111 Å². The molecule has 1 aliphatic heterocycles. The van der Waals surface area contributed by atoms with Gasteiger partial charge in [0, 0.05) is 17.8 Å². The predicted molar refractivity (Wildman–Crippen MR) is 70.6 cm³/mol. The molecule has 1 aromatic carbocycles. The molecule has 19 heavy (non-hydrogen) atoms. The number of benzene rings is 1. The fourth-order valence-electron chi connectivity index (χ4n) is 2.32. The number of carbonyl (C=O) groups excluding carboxylic acids is 2. The molecule has 1 atom stereocenters. The molecule has 1 unspecified atom stereocenters. The lowest BCUT2D eigenvalue weighted by molar-refractivity contribution is -0.118. The van der Waals surface area contributed by atoms with E-state index in [1.807, 2.05) is 34.5 Å². The number of hydrogen-bond acceptors (Lipinski definition) is 4. The molecule has 0 aromatic heterocycles. The number of amides is 3. The fraction of sp³-hybridized carbons (Fsp3) is 0.385. The molecular formula is C13H17N3O3. The van der Waals surface area contributed by atoms with Crippen LogP contribution < -0.4 is 16.0 Å². The molecule has 1 heterocycles. The van der Waals surface area contributed by atoms with Crippen molar-refractivity contribution in [1.82, 2.24) is 5.32 Å². The molecule has 0 saturated carbocycles. The summed E-state index contributed by atoms with van der Waals surface area (Å²) in [5, 5.41) is 12.1. The van der Waals surface area contributed by atoms with Gasteiger partial charge in [-0.15, -0.1) is 0 Å². The second-order valence-corrected chi connectivity index (χ2v) is 4.55. The number of fused-ring (bicyclic) bond motifs is 1. The fourth-order valence-corrected chi connectivity index (χ4v) is 2.32. The maximum absolute atomic E-state index is 11.6. The van der Waals surface area contributed by atoms with E-state index < -0.39 is 18.0 Å². The van der Waals surface area contributed by atoms with Crippen LogP contribution in [0.3, 0.4) is 0 Å². The normalized spacial score (nSPS) is 18.4. The van der Waals surface area contributed by atoms with Crippen molar-refractivity contribution < 1.29 is 14.7 Å². The Hall–Kier alpha value is -2.08. The molecule has 0 aliphatic carbocycles. The van der Waals surface area contributed by atoms with E-state index in [0.29, 0.717) is 13.0 Å². The van der Waals surface area contributed by atoms with Crippen molar-refractivity contribution in [1.29, 1.82) is 0 Å². The van der Waals surface area contributed by atoms with E-state index in [2.05, 4.69) is 0 Å². The summed E-state index contributed by atoms with van der Waals surface area (Å²) in [4.78, 5) is 24.1. The zero-order valence-corrected chi connectivity index (χ0v) is 10.5. The number of hydrogen-bond donors (Lipinski definition) is 3. The van der Waals surface area contributed by atoms with Crippen LogP contribution in [0, 0.1) is 0 Å². The third-order valence-corrected chi connectivity index (χ3v) is 3.14. The topological polar surface area (TPSA) is 95.7 Å². The Kier molecular flexibility index (Phi) is 4.01. The highest BCUT2D eigenvalue weighted by molar-refractivity contribution is 5.95. The number of carbonyl (C=O) groups is 2. The number of aliphatic hydroxyl groups excluding tert-OH is 1. The van der Waals surface area contributed by atoms with Crippen molar-refractivity contribution in [2.45, 2.75) is 18.9 Å². The van der Waals surface area contributed by atoms with Crippen LogP contribution in [-0.4, -0.2) is 30.1 Å². The molecular weight excluding hydrogens is 246 g/mol. The van der Waals surface area contributed by atoms with Crippen LogP contribution in [-0.2, 0) is 4.79 Å². The Bertz CT molecular complexity index is 490. The lowest BCUT2D eigenvalue weighted by Crippen LogP contribution is -2.42. The Morgan fingerprint density at radius 3 is 2.89 bits per heavy atom. The van der Waals surface area contributed by atoms with Crippen molar-refractivity contribution in [3.63, 3.8) is 0 Å². The van der Waals surface area contributed by atoms with Gasteiger partial charge in [-0.2, -0.15) is 0 Å². The van der Waals surface area contributed by atoms with Gasteiger partial charge in [-0.25, -0.2) is 4.79 Å². The van der Waals surface area contributed by atoms with Gasteiger partial charge in [0.05, 0.1) is 12.6 Å². The van der Waals surface area contributed by atoms with Gasteiger partial charge in [-0.05, 0) is 18.9 Å². The highest BCUT2D eigenvalue weighted by Crippen LogP contribution is 2.32. The average Bonchev–Trinajstić information content (AvgIpc) is 2.50. The maximum Gasteiger partial charge on any atom is 0.318 e. The number of rotatable bonds is 2. The highest BCUT2D eigenvalue weighted by atomic mass is 16.3. The molecule has 2 rings (SSSR count). The first kappa shape index (κ1) is 13.4. The zero-order valence-electron chi connectivity index (χ0n) is 10.5. The highest BCUT2D eigenvalue weighted by Gasteiger charge is 2.22. The van der Waals surface area contributed by atoms with Crippen molar-refractivity contribution in [3.05, 3.63) is 29.8 Å². The lowest BCUT2D eigenvalue weighted by Gasteiger charge is -2.24. The summed E-state index contributed by atoms with van der Waals surface area (Å²) in [6.45, 7) is 0.701. The Balaban J connectivity index is 2.19. The molecule has 0 spiro atoms. The SMILES string of the molecule is NC(=O)NC(=O)CN1CCCC(O)c2ccccc21. The molecule has 0 saturated heterocycles. The van der Waals surface area contributed by atoms with Gasteiger partial charge in [0.15, 0.2) is 0 Å². The second-order valence-electron chi connectivity index (χ2n) is 4.55. The summed E-state index contributed by atoms with van der Waals surface area (Å²) in [7, 11) is 0. The molecule has 6 heteroatoms. The van der Waals surface area contributed by atoms with Gasteiger partial charge in [0.1, 0.15) is 0 Å².